The Morgan fingerprint density at radius 3 is 1.89 bits per heavy atom. The Hall–Kier alpha value is -3.22. The molecule has 0 unspecified atom stereocenters. The van der Waals surface area contributed by atoms with Gasteiger partial charge in [-0.1, -0.05) is 6.07 Å². The predicted octanol–water partition coefficient (Wildman–Crippen LogP) is 1.88. The molecule has 0 aliphatic carbocycles. The Bertz CT molecular complexity index is 845. The van der Waals surface area contributed by atoms with Crippen LogP contribution >= 0.6 is 0 Å². The van der Waals surface area contributed by atoms with Crippen molar-refractivity contribution in [2.45, 2.75) is 0 Å². The van der Waals surface area contributed by atoms with Crippen molar-refractivity contribution in [1.29, 1.82) is 0 Å². The molecule has 1 aliphatic rings. The third-order valence-corrected chi connectivity index (χ3v) is 4.62. The van der Waals surface area contributed by atoms with E-state index in [1.165, 1.54) is 7.11 Å². The lowest BCUT2D eigenvalue weighted by atomic mass is 10.1. The number of nitrogen functional groups attached to an aromatic ring is 1. The number of carbonyl (C=O) groups excluding carboxylic acids is 2. The number of piperazine rings is 1. The van der Waals surface area contributed by atoms with Crippen LogP contribution < -0.4 is 15.2 Å². The first kappa shape index (κ1) is 18.6. The SMILES string of the molecule is COc1ccc(C(=O)N2CCN(C(=O)c3cccc(N)c3)CC2)cc1OC. The molecule has 1 fully saturated rings. The minimum Gasteiger partial charge on any atom is -0.493 e. The van der Waals surface area contributed by atoms with E-state index in [0.29, 0.717) is 54.5 Å². The number of hydrogen-bond donors (Lipinski definition) is 1. The zero-order chi connectivity index (χ0) is 19.4. The normalized spacial score (nSPS) is 14.0. The number of carbonyl (C=O) groups is 2. The number of benzene rings is 2. The highest BCUT2D eigenvalue weighted by Crippen LogP contribution is 2.28. The second kappa shape index (κ2) is 7.99. The van der Waals surface area contributed by atoms with E-state index in [1.807, 2.05) is 0 Å². The van der Waals surface area contributed by atoms with E-state index < -0.39 is 0 Å². The van der Waals surface area contributed by atoms with Gasteiger partial charge in [-0.25, -0.2) is 0 Å². The molecule has 27 heavy (non-hydrogen) atoms. The molecule has 0 radical (unpaired) electrons. The van der Waals surface area contributed by atoms with Crippen molar-refractivity contribution in [3.8, 4) is 11.5 Å². The third kappa shape index (κ3) is 3.97. The lowest BCUT2D eigenvalue weighted by Crippen LogP contribution is -2.50. The number of rotatable bonds is 4. The van der Waals surface area contributed by atoms with E-state index in [9.17, 15) is 9.59 Å². The minimum absolute atomic E-state index is 0.0690. The molecule has 0 aromatic heterocycles. The summed E-state index contributed by atoms with van der Waals surface area (Å²) in [5, 5.41) is 0. The van der Waals surface area contributed by atoms with Crippen LogP contribution in [0.15, 0.2) is 42.5 Å². The molecule has 1 heterocycles. The highest BCUT2D eigenvalue weighted by Gasteiger charge is 2.26. The second-order valence-electron chi connectivity index (χ2n) is 6.28. The highest BCUT2D eigenvalue weighted by atomic mass is 16.5. The Labute approximate surface area is 158 Å². The number of ether oxygens (including phenoxy) is 2. The fraction of sp³-hybridized carbons (Fsp3) is 0.300. The number of amides is 2. The van der Waals surface area contributed by atoms with E-state index in [1.54, 1.807) is 59.4 Å². The number of anilines is 1. The van der Waals surface area contributed by atoms with Gasteiger partial charge in [0.05, 0.1) is 14.2 Å². The lowest BCUT2D eigenvalue weighted by molar-refractivity contribution is 0.0535. The molecule has 3 rings (SSSR count). The van der Waals surface area contributed by atoms with Gasteiger partial charge in [0.25, 0.3) is 11.8 Å². The molecule has 7 nitrogen and oxygen atoms in total. The molecule has 0 atom stereocenters. The van der Waals surface area contributed by atoms with Gasteiger partial charge in [-0.2, -0.15) is 0 Å². The van der Waals surface area contributed by atoms with Crippen LogP contribution in [0.5, 0.6) is 11.5 Å². The van der Waals surface area contributed by atoms with Crippen LogP contribution in [0, 0.1) is 0 Å². The summed E-state index contributed by atoms with van der Waals surface area (Å²) in [6.07, 6.45) is 0. The molecule has 7 heteroatoms. The van der Waals surface area contributed by atoms with E-state index in [4.69, 9.17) is 15.2 Å². The zero-order valence-corrected chi connectivity index (χ0v) is 15.5. The lowest BCUT2D eigenvalue weighted by Gasteiger charge is -2.35. The molecular formula is C20H23N3O4. The Morgan fingerprint density at radius 2 is 1.37 bits per heavy atom. The van der Waals surface area contributed by atoms with E-state index in [-0.39, 0.29) is 11.8 Å². The quantitative estimate of drug-likeness (QED) is 0.832. The number of nitrogens with two attached hydrogens (primary N) is 1. The third-order valence-electron chi connectivity index (χ3n) is 4.62. The van der Waals surface area contributed by atoms with Gasteiger partial charge in [0, 0.05) is 43.0 Å². The Kier molecular flexibility index (Phi) is 5.49. The maximum absolute atomic E-state index is 12.8. The van der Waals surface area contributed by atoms with Gasteiger partial charge in [-0.3, -0.25) is 9.59 Å². The van der Waals surface area contributed by atoms with Gasteiger partial charge in [0.1, 0.15) is 0 Å². The Balaban J connectivity index is 1.65. The fourth-order valence-corrected chi connectivity index (χ4v) is 3.12. The minimum atomic E-state index is -0.0907. The summed E-state index contributed by atoms with van der Waals surface area (Å²) in [7, 11) is 3.09. The van der Waals surface area contributed by atoms with Crippen LogP contribution in [0.1, 0.15) is 20.7 Å². The topological polar surface area (TPSA) is 85.1 Å². The number of methoxy groups -OCH3 is 2. The molecular weight excluding hydrogens is 346 g/mol. The van der Waals surface area contributed by atoms with Crippen LogP contribution in [-0.2, 0) is 0 Å². The summed E-state index contributed by atoms with van der Waals surface area (Å²) in [5.74, 6) is 0.929. The molecule has 2 aromatic carbocycles. The first-order chi connectivity index (χ1) is 13.0. The van der Waals surface area contributed by atoms with Crippen LogP contribution in [0.2, 0.25) is 0 Å². The van der Waals surface area contributed by atoms with Crippen LogP contribution in [0.25, 0.3) is 0 Å². The fourth-order valence-electron chi connectivity index (χ4n) is 3.12. The predicted molar refractivity (Wildman–Crippen MR) is 102 cm³/mol. The summed E-state index contributed by atoms with van der Waals surface area (Å²) in [6.45, 7) is 1.90. The van der Waals surface area contributed by atoms with E-state index in [0.717, 1.165) is 0 Å². The standard InChI is InChI=1S/C20H23N3O4/c1-26-17-7-6-15(13-18(17)27-2)20(25)23-10-8-22(9-11-23)19(24)14-4-3-5-16(21)12-14/h3-7,12-13H,8-11,21H2,1-2H3. The van der Waals surface area contributed by atoms with Crippen molar-refractivity contribution in [1.82, 2.24) is 9.80 Å². The van der Waals surface area contributed by atoms with Crippen LogP contribution in [-0.4, -0.2) is 62.0 Å². The Morgan fingerprint density at radius 1 is 0.815 bits per heavy atom. The van der Waals surface area contributed by atoms with Gasteiger partial charge < -0.3 is 25.0 Å². The van der Waals surface area contributed by atoms with Gasteiger partial charge in [0.2, 0.25) is 0 Å². The van der Waals surface area contributed by atoms with Gasteiger partial charge >= 0.3 is 0 Å². The summed E-state index contributed by atoms with van der Waals surface area (Å²) < 4.78 is 10.5. The van der Waals surface area contributed by atoms with Gasteiger partial charge in [-0.05, 0) is 36.4 Å². The van der Waals surface area contributed by atoms with Crippen molar-refractivity contribution >= 4 is 17.5 Å². The van der Waals surface area contributed by atoms with Crippen molar-refractivity contribution in [2.75, 3.05) is 46.1 Å². The van der Waals surface area contributed by atoms with Crippen molar-refractivity contribution < 1.29 is 19.1 Å². The molecule has 2 aromatic rings. The van der Waals surface area contributed by atoms with Crippen LogP contribution in [0.3, 0.4) is 0 Å². The van der Waals surface area contributed by atoms with Gasteiger partial charge in [-0.15, -0.1) is 0 Å². The first-order valence-electron chi connectivity index (χ1n) is 8.69. The summed E-state index contributed by atoms with van der Waals surface area (Å²) >= 11 is 0. The number of hydrogen-bond acceptors (Lipinski definition) is 5. The van der Waals surface area contributed by atoms with Gasteiger partial charge in [0.15, 0.2) is 11.5 Å². The smallest absolute Gasteiger partial charge is 0.254 e. The maximum Gasteiger partial charge on any atom is 0.254 e. The average Bonchev–Trinajstić information content (AvgIpc) is 2.72. The molecule has 1 aliphatic heterocycles. The van der Waals surface area contributed by atoms with Crippen molar-refractivity contribution in [3.63, 3.8) is 0 Å². The molecule has 0 bridgehead atoms. The molecule has 142 valence electrons. The van der Waals surface area contributed by atoms with E-state index >= 15 is 0 Å². The molecule has 0 saturated carbocycles. The number of nitrogens with zero attached hydrogens (tertiary/aromatic N) is 2. The summed E-state index contributed by atoms with van der Waals surface area (Å²) in [5.41, 5.74) is 7.41. The largest absolute Gasteiger partial charge is 0.493 e. The van der Waals surface area contributed by atoms with Crippen molar-refractivity contribution in [3.05, 3.63) is 53.6 Å². The second-order valence-corrected chi connectivity index (χ2v) is 6.28. The maximum atomic E-state index is 12.8. The molecule has 2 amide bonds. The van der Waals surface area contributed by atoms with E-state index in [2.05, 4.69) is 0 Å². The molecule has 1 saturated heterocycles. The zero-order valence-electron chi connectivity index (χ0n) is 15.5. The first-order valence-corrected chi connectivity index (χ1v) is 8.69. The molecule has 2 N–H and O–H groups in total. The van der Waals surface area contributed by atoms with Crippen LogP contribution in [0.4, 0.5) is 5.69 Å². The summed E-state index contributed by atoms with van der Waals surface area (Å²) in [6, 6.07) is 12.0. The monoisotopic (exact) mass is 369 g/mol. The molecule has 0 spiro atoms. The average molecular weight is 369 g/mol. The highest BCUT2D eigenvalue weighted by molar-refractivity contribution is 5.96. The van der Waals surface area contributed by atoms with Crippen molar-refractivity contribution in [2.24, 2.45) is 0 Å². The summed E-state index contributed by atoms with van der Waals surface area (Å²) in [4.78, 5) is 28.8.